The van der Waals surface area contributed by atoms with Gasteiger partial charge in [-0.25, -0.2) is 0 Å². The van der Waals surface area contributed by atoms with Crippen molar-refractivity contribution in [2.75, 3.05) is 25.3 Å². The molecular formula is C17H24N2O2S. The van der Waals surface area contributed by atoms with E-state index in [1.165, 1.54) is 18.4 Å². The third-order valence-corrected chi connectivity index (χ3v) is 5.82. The molecule has 4 nitrogen and oxygen atoms in total. The van der Waals surface area contributed by atoms with Gasteiger partial charge in [0.25, 0.3) is 0 Å². The zero-order valence-corrected chi connectivity index (χ0v) is 13.9. The molecule has 1 aromatic carbocycles. The minimum Gasteiger partial charge on any atom is -0.497 e. The van der Waals surface area contributed by atoms with E-state index < -0.39 is 0 Å². The highest BCUT2D eigenvalue weighted by atomic mass is 32.2. The fourth-order valence-corrected chi connectivity index (χ4v) is 4.46. The first-order valence-corrected chi connectivity index (χ1v) is 9.12. The molecule has 0 spiro atoms. The van der Waals surface area contributed by atoms with E-state index in [1.54, 1.807) is 18.9 Å². The second-order valence-corrected chi connectivity index (χ2v) is 7.24. The van der Waals surface area contributed by atoms with E-state index in [4.69, 9.17) is 4.74 Å². The Morgan fingerprint density at radius 2 is 2.27 bits per heavy atom. The summed E-state index contributed by atoms with van der Waals surface area (Å²) in [6, 6.07) is 8.29. The Labute approximate surface area is 136 Å². The van der Waals surface area contributed by atoms with Crippen LogP contribution in [0.4, 0.5) is 0 Å². The van der Waals surface area contributed by atoms with Gasteiger partial charge in [-0.05, 0) is 30.5 Å². The summed E-state index contributed by atoms with van der Waals surface area (Å²) in [6.45, 7) is 0.724. The van der Waals surface area contributed by atoms with Crippen molar-refractivity contribution in [1.29, 1.82) is 0 Å². The number of rotatable bonds is 5. The Balaban J connectivity index is 1.72. The van der Waals surface area contributed by atoms with Crippen molar-refractivity contribution in [2.24, 2.45) is 0 Å². The number of benzene rings is 1. The zero-order chi connectivity index (χ0) is 15.4. The van der Waals surface area contributed by atoms with Crippen LogP contribution < -0.4 is 15.4 Å². The van der Waals surface area contributed by atoms with Crippen LogP contribution in [0.15, 0.2) is 24.3 Å². The van der Waals surface area contributed by atoms with Crippen LogP contribution in [-0.2, 0) is 10.2 Å². The number of ether oxygens (including phenoxy) is 1. The summed E-state index contributed by atoms with van der Waals surface area (Å²) in [6.07, 6.45) is 4.72. The van der Waals surface area contributed by atoms with Gasteiger partial charge in [0.2, 0.25) is 5.91 Å². The van der Waals surface area contributed by atoms with Crippen molar-refractivity contribution in [2.45, 2.75) is 37.1 Å². The van der Waals surface area contributed by atoms with Gasteiger partial charge in [0, 0.05) is 23.6 Å². The van der Waals surface area contributed by atoms with Gasteiger partial charge in [-0.2, -0.15) is 0 Å². The SMILES string of the molecule is COc1cccc(C2(CNC(=O)[C@@H]3CSCN3)CCCC2)c1. The first-order valence-electron chi connectivity index (χ1n) is 7.97. The molecular weight excluding hydrogens is 296 g/mol. The van der Waals surface area contributed by atoms with E-state index >= 15 is 0 Å². The number of amides is 1. The van der Waals surface area contributed by atoms with Crippen LogP contribution in [0.3, 0.4) is 0 Å². The highest BCUT2D eigenvalue weighted by Gasteiger charge is 2.37. The third kappa shape index (κ3) is 3.25. The van der Waals surface area contributed by atoms with Crippen LogP contribution in [-0.4, -0.2) is 37.2 Å². The Morgan fingerprint density at radius 1 is 1.45 bits per heavy atom. The lowest BCUT2D eigenvalue weighted by atomic mass is 9.78. The topological polar surface area (TPSA) is 50.4 Å². The van der Waals surface area contributed by atoms with Crippen molar-refractivity contribution >= 4 is 17.7 Å². The van der Waals surface area contributed by atoms with Gasteiger partial charge in [0.1, 0.15) is 5.75 Å². The lowest BCUT2D eigenvalue weighted by Gasteiger charge is -2.30. The van der Waals surface area contributed by atoms with Crippen molar-refractivity contribution in [1.82, 2.24) is 10.6 Å². The van der Waals surface area contributed by atoms with E-state index in [9.17, 15) is 4.79 Å². The molecule has 1 amide bonds. The molecule has 1 heterocycles. The Kier molecular flexibility index (Phi) is 4.93. The molecule has 1 aliphatic heterocycles. The summed E-state index contributed by atoms with van der Waals surface area (Å²) in [5.74, 6) is 2.78. The summed E-state index contributed by atoms with van der Waals surface area (Å²) >= 11 is 1.78. The summed E-state index contributed by atoms with van der Waals surface area (Å²) in [7, 11) is 1.70. The molecule has 5 heteroatoms. The molecule has 2 aliphatic rings. The standard InChI is InChI=1S/C17H24N2O2S/c1-21-14-6-4-5-13(9-14)17(7-2-3-8-17)11-18-16(20)15-10-22-12-19-15/h4-6,9,15,19H,2-3,7-8,10-12H2,1H3,(H,18,20)/t15-/m0/s1. The largest absolute Gasteiger partial charge is 0.497 e. The molecule has 0 radical (unpaired) electrons. The van der Waals surface area contributed by atoms with Gasteiger partial charge >= 0.3 is 0 Å². The van der Waals surface area contributed by atoms with Crippen molar-refractivity contribution < 1.29 is 9.53 Å². The van der Waals surface area contributed by atoms with Gasteiger partial charge in [-0.15, -0.1) is 11.8 Å². The Morgan fingerprint density at radius 3 is 2.95 bits per heavy atom. The van der Waals surface area contributed by atoms with Crippen LogP contribution in [0.25, 0.3) is 0 Å². The molecule has 1 aromatic rings. The molecule has 2 fully saturated rings. The van der Waals surface area contributed by atoms with Crippen molar-refractivity contribution in [3.05, 3.63) is 29.8 Å². The first kappa shape index (κ1) is 15.7. The molecule has 3 rings (SSSR count). The maximum absolute atomic E-state index is 12.3. The van der Waals surface area contributed by atoms with E-state index in [1.807, 2.05) is 12.1 Å². The lowest BCUT2D eigenvalue weighted by Crippen LogP contribution is -2.47. The third-order valence-electron chi connectivity index (χ3n) is 4.88. The Bertz CT molecular complexity index is 523. The van der Waals surface area contributed by atoms with Crippen molar-refractivity contribution in [3.8, 4) is 5.75 Å². The van der Waals surface area contributed by atoms with E-state index in [0.717, 1.165) is 36.8 Å². The second kappa shape index (κ2) is 6.92. The molecule has 1 aliphatic carbocycles. The number of carbonyl (C=O) groups is 1. The zero-order valence-electron chi connectivity index (χ0n) is 13.1. The Hall–Kier alpha value is -1.20. The highest BCUT2D eigenvalue weighted by molar-refractivity contribution is 7.99. The van der Waals surface area contributed by atoms with Crippen LogP contribution in [0.2, 0.25) is 0 Å². The molecule has 2 N–H and O–H groups in total. The van der Waals surface area contributed by atoms with Crippen molar-refractivity contribution in [3.63, 3.8) is 0 Å². The fraction of sp³-hybridized carbons (Fsp3) is 0.588. The van der Waals surface area contributed by atoms with E-state index in [2.05, 4.69) is 22.8 Å². The summed E-state index contributed by atoms with van der Waals surface area (Å²) in [4.78, 5) is 12.3. The summed E-state index contributed by atoms with van der Waals surface area (Å²) in [5.41, 5.74) is 1.36. The minimum absolute atomic E-state index is 0.0336. The van der Waals surface area contributed by atoms with Gasteiger partial charge in [-0.1, -0.05) is 25.0 Å². The lowest BCUT2D eigenvalue weighted by molar-refractivity contribution is -0.122. The maximum atomic E-state index is 12.3. The van der Waals surface area contributed by atoms with Gasteiger partial charge < -0.3 is 10.1 Å². The predicted octanol–water partition coefficient (Wildman–Crippen LogP) is 2.29. The van der Waals surface area contributed by atoms with Crippen LogP contribution >= 0.6 is 11.8 Å². The highest BCUT2D eigenvalue weighted by Crippen LogP contribution is 2.41. The summed E-state index contributed by atoms with van der Waals surface area (Å²) in [5, 5.41) is 6.42. The minimum atomic E-state index is -0.0336. The van der Waals surface area contributed by atoms with E-state index in [-0.39, 0.29) is 17.4 Å². The molecule has 1 saturated heterocycles. The van der Waals surface area contributed by atoms with Crippen LogP contribution in [0.1, 0.15) is 31.2 Å². The monoisotopic (exact) mass is 320 g/mol. The maximum Gasteiger partial charge on any atom is 0.238 e. The smallest absolute Gasteiger partial charge is 0.238 e. The molecule has 0 unspecified atom stereocenters. The summed E-state index contributed by atoms with van der Waals surface area (Å²) < 4.78 is 5.37. The molecule has 1 atom stereocenters. The van der Waals surface area contributed by atoms with Gasteiger partial charge in [0.15, 0.2) is 0 Å². The quantitative estimate of drug-likeness (QED) is 0.874. The van der Waals surface area contributed by atoms with Crippen LogP contribution in [0, 0.1) is 0 Å². The molecule has 22 heavy (non-hydrogen) atoms. The number of carbonyl (C=O) groups excluding carboxylic acids is 1. The molecule has 120 valence electrons. The van der Waals surface area contributed by atoms with Gasteiger partial charge in [-0.3, -0.25) is 10.1 Å². The number of hydrogen-bond donors (Lipinski definition) is 2. The predicted molar refractivity (Wildman–Crippen MR) is 90.4 cm³/mol. The second-order valence-electron chi connectivity index (χ2n) is 6.21. The molecule has 0 bridgehead atoms. The number of hydrogen-bond acceptors (Lipinski definition) is 4. The van der Waals surface area contributed by atoms with Gasteiger partial charge in [0.05, 0.1) is 13.2 Å². The first-order chi connectivity index (χ1) is 10.7. The normalized spacial score (nSPS) is 23.4. The number of thioether (sulfide) groups is 1. The molecule has 1 saturated carbocycles. The van der Waals surface area contributed by atoms with E-state index in [0.29, 0.717) is 0 Å². The molecule has 0 aromatic heterocycles. The fourth-order valence-electron chi connectivity index (χ4n) is 3.52. The number of methoxy groups -OCH3 is 1. The number of nitrogens with one attached hydrogen (secondary N) is 2. The van der Waals surface area contributed by atoms with Crippen LogP contribution in [0.5, 0.6) is 5.75 Å². The average molecular weight is 320 g/mol. The average Bonchev–Trinajstić information content (AvgIpc) is 3.25.